The zero-order valence-electron chi connectivity index (χ0n) is 19.2. The SMILES string of the molecule is CCOOc1ccc2c(c1)CCc1c(C#N)c(C#N)c3c(c1-2)-c1ccc(OOCC)cc1CC3. The zero-order chi connectivity index (χ0) is 23.7. The van der Waals surface area contributed by atoms with Crippen LogP contribution in [0.5, 0.6) is 11.5 Å². The number of nitrogens with zero attached hydrogens (tertiary/aromatic N) is 2. The molecule has 0 unspecified atom stereocenters. The van der Waals surface area contributed by atoms with Crippen molar-refractivity contribution in [3.05, 3.63) is 69.8 Å². The third-order valence-electron chi connectivity index (χ3n) is 6.46. The van der Waals surface area contributed by atoms with Crippen molar-refractivity contribution in [2.75, 3.05) is 13.2 Å². The maximum atomic E-state index is 10.0. The zero-order valence-corrected chi connectivity index (χ0v) is 19.2. The van der Waals surface area contributed by atoms with E-state index in [1.165, 1.54) is 0 Å². The fraction of sp³-hybridized carbons (Fsp3) is 0.286. The molecule has 0 saturated heterocycles. The van der Waals surface area contributed by atoms with Crippen LogP contribution in [0, 0.1) is 22.7 Å². The summed E-state index contributed by atoms with van der Waals surface area (Å²) >= 11 is 0. The van der Waals surface area contributed by atoms with Gasteiger partial charge in [0.2, 0.25) is 0 Å². The van der Waals surface area contributed by atoms with Crippen LogP contribution in [0.4, 0.5) is 0 Å². The number of benzene rings is 3. The summed E-state index contributed by atoms with van der Waals surface area (Å²) in [4.78, 5) is 21.0. The van der Waals surface area contributed by atoms with Gasteiger partial charge in [0.05, 0.1) is 24.3 Å². The highest BCUT2D eigenvalue weighted by Crippen LogP contribution is 2.49. The molecule has 0 aliphatic heterocycles. The molecule has 0 bridgehead atoms. The molecule has 6 nitrogen and oxygen atoms in total. The molecule has 3 aromatic rings. The largest absolute Gasteiger partial charge is 0.338 e. The molecule has 0 fully saturated rings. The minimum atomic E-state index is 0.460. The molecule has 2 aliphatic rings. The molecule has 0 atom stereocenters. The molecule has 0 radical (unpaired) electrons. The second-order valence-corrected chi connectivity index (χ2v) is 8.30. The monoisotopic (exact) mass is 452 g/mol. The summed E-state index contributed by atoms with van der Waals surface area (Å²) in [5.74, 6) is 1.32. The first-order valence-corrected chi connectivity index (χ1v) is 11.6. The van der Waals surface area contributed by atoms with Crippen LogP contribution >= 0.6 is 0 Å². The van der Waals surface area contributed by atoms with E-state index in [9.17, 15) is 10.5 Å². The van der Waals surface area contributed by atoms with Crippen LogP contribution in [0.15, 0.2) is 36.4 Å². The smallest absolute Gasteiger partial charge is 0.165 e. The second-order valence-electron chi connectivity index (χ2n) is 8.30. The molecule has 6 heteroatoms. The van der Waals surface area contributed by atoms with Gasteiger partial charge in [-0.25, -0.2) is 0 Å². The number of hydrogen-bond acceptors (Lipinski definition) is 6. The molecule has 0 spiro atoms. The van der Waals surface area contributed by atoms with E-state index in [1.807, 2.05) is 50.2 Å². The lowest BCUT2D eigenvalue weighted by Gasteiger charge is -2.30. The van der Waals surface area contributed by atoms with E-state index in [-0.39, 0.29) is 0 Å². The van der Waals surface area contributed by atoms with E-state index in [4.69, 9.17) is 19.6 Å². The topological polar surface area (TPSA) is 84.5 Å². The van der Waals surface area contributed by atoms with Crippen molar-refractivity contribution >= 4 is 0 Å². The Hall–Kier alpha value is -3.84. The van der Waals surface area contributed by atoms with Crippen LogP contribution in [0.3, 0.4) is 0 Å². The lowest BCUT2D eigenvalue weighted by Crippen LogP contribution is -2.16. The van der Waals surface area contributed by atoms with Gasteiger partial charge in [-0.05, 0) is 108 Å². The molecule has 3 aromatic carbocycles. The van der Waals surface area contributed by atoms with Gasteiger partial charge in [-0.3, -0.25) is 0 Å². The van der Waals surface area contributed by atoms with Crippen LogP contribution in [-0.4, -0.2) is 13.2 Å². The van der Waals surface area contributed by atoms with Gasteiger partial charge < -0.3 is 9.78 Å². The van der Waals surface area contributed by atoms with Gasteiger partial charge in [-0.15, -0.1) is 0 Å². The Morgan fingerprint density at radius 3 is 1.50 bits per heavy atom. The fourth-order valence-corrected chi connectivity index (χ4v) is 5.11. The van der Waals surface area contributed by atoms with E-state index in [2.05, 4.69) is 12.1 Å². The Kier molecular flexibility index (Phi) is 5.94. The molecule has 2 aliphatic carbocycles. The van der Waals surface area contributed by atoms with Crippen LogP contribution in [0.1, 0.15) is 47.2 Å². The molecular formula is C28H24N2O4. The van der Waals surface area contributed by atoms with Gasteiger partial charge >= 0.3 is 0 Å². The van der Waals surface area contributed by atoms with Crippen molar-refractivity contribution in [3.8, 4) is 45.9 Å². The molecule has 34 heavy (non-hydrogen) atoms. The Balaban J connectivity index is 1.75. The van der Waals surface area contributed by atoms with E-state index >= 15 is 0 Å². The van der Waals surface area contributed by atoms with Gasteiger partial charge in [0.15, 0.2) is 11.5 Å². The van der Waals surface area contributed by atoms with Gasteiger partial charge in [0.25, 0.3) is 0 Å². The number of fused-ring (bicyclic) bond motifs is 7. The van der Waals surface area contributed by atoms with Gasteiger partial charge in [0.1, 0.15) is 12.1 Å². The summed E-state index contributed by atoms with van der Waals surface area (Å²) in [7, 11) is 0. The molecule has 0 heterocycles. The molecule has 0 N–H and O–H groups in total. The van der Waals surface area contributed by atoms with Gasteiger partial charge in [0, 0.05) is 0 Å². The lowest BCUT2D eigenvalue weighted by atomic mass is 9.72. The van der Waals surface area contributed by atoms with Crippen molar-refractivity contribution in [1.29, 1.82) is 10.5 Å². The van der Waals surface area contributed by atoms with Crippen molar-refractivity contribution < 1.29 is 19.6 Å². The fourth-order valence-electron chi connectivity index (χ4n) is 5.11. The first-order chi connectivity index (χ1) is 16.7. The summed E-state index contributed by atoms with van der Waals surface area (Å²) in [5.41, 5.74) is 9.45. The Morgan fingerprint density at radius 2 is 1.12 bits per heavy atom. The van der Waals surface area contributed by atoms with Crippen molar-refractivity contribution in [3.63, 3.8) is 0 Å². The second kappa shape index (κ2) is 9.19. The third-order valence-corrected chi connectivity index (χ3v) is 6.46. The van der Waals surface area contributed by atoms with Crippen molar-refractivity contribution in [2.24, 2.45) is 0 Å². The Bertz CT molecular complexity index is 1260. The standard InChI is InChI=1S/C28H24N2O4/c1-3-31-33-19-7-11-21-17(13-19)5-9-23-25(15-29)26(16-30)24-10-6-18-14-20(34-32-4-2)8-12-22(18)28(24)27(21)23/h7-8,11-14H,3-6,9-10H2,1-2H3. The van der Waals surface area contributed by atoms with Crippen LogP contribution in [0.25, 0.3) is 22.3 Å². The predicted molar refractivity (Wildman–Crippen MR) is 126 cm³/mol. The van der Waals surface area contributed by atoms with Crippen LogP contribution in [0.2, 0.25) is 0 Å². The average Bonchev–Trinajstić information content (AvgIpc) is 2.88. The number of rotatable bonds is 6. The first kappa shape index (κ1) is 22.0. The third kappa shape index (κ3) is 3.58. The maximum absolute atomic E-state index is 10.0. The number of aryl methyl sites for hydroxylation is 2. The van der Waals surface area contributed by atoms with E-state index in [0.29, 0.717) is 48.7 Å². The van der Waals surface area contributed by atoms with Crippen LogP contribution < -0.4 is 9.78 Å². The number of nitriles is 2. The van der Waals surface area contributed by atoms with Crippen molar-refractivity contribution in [1.82, 2.24) is 0 Å². The van der Waals surface area contributed by atoms with Crippen molar-refractivity contribution in [2.45, 2.75) is 39.5 Å². The molecule has 170 valence electrons. The molecule has 5 rings (SSSR count). The molecule has 0 amide bonds. The normalized spacial score (nSPS) is 12.9. The van der Waals surface area contributed by atoms with Crippen LogP contribution in [-0.2, 0) is 35.5 Å². The average molecular weight is 453 g/mol. The highest BCUT2D eigenvalue weighted by molar-refractivity contribution is 5.95. The van der Waals surface area contributed by atoms with E-state index < -0.39 is 0 Å². The highest BCUT2D eigenvalue weighted by atomic mass is 17.2. The molecule has 0 saturated carbocycles. The minimum Gasteiger partial charge on any atom is -0.338 e. The summed E-state index contributed by atoms with van der Waals surface area (Å²) < 4.78 is 0. The van der Waals surface area contributed by atoms with E-state index in [1.54, 1.807) is 0 Å². The molecule has 0 aromatic heterocycles. The van der Waals surface area contributed by atoms with E-state index in [0.717, 1.165) is 57.3 Å². The summed E-state index contributed by atoms with van der Waals surface area (Å²) in [6.45, 7) is 4.67. The molecular weight excluding hydrogens is 428 g/mol. The number of hydrogen-bond donors (Lipinski definition) is 0. The Labute approximate surface area is 198 Å². The Morgan fingerprint density at radius 1 is 0.676 bits per heavy atom. The first-order valence-electron chi connectivity index (χ1n) is 11.6. The highest BCUT2D eigenvalue weighted by Gasteiger charge is 2.32. The summed E-state index contributed by atoms with van der Waals surface area (Å²) in [6, 6.07) is 16.6. The quantitative estimate of drug-likeness (QED) is 0.356. The lowest BCUT2D eigenvalue weighted by molar-refractivity contribution is -0.202. The summed E-state index contributed by atoms with van der Waals surface area (Å²) in [6.07, 6.45) is 2.90. The minimum absolute atomic E-state index is 0.460. The summed E-state index contributed by atoms with van der Waals surface area (Å²) in [5, 5.41) is 20.1. The maximum Gasteiger partial charge on any atom is 0.165 e. The van der Waals surface area contributed by atoms with Gasteiger partial charge in [-0.2, -0.15) is 20.3 Å². The predicted octanol–water partition coefficient (Wildman–Crippen LogP) is 5.62. The van der Waals surface area contributed by atoms with Gasteiger partial charge in [-0.1, -0.05) is 12.1 Å².